The van der Waals surface area contributed by atoms with Crippen LogP contribution in [0.3, 0.4) is 0 Å². The van der Waals surface area contributed by atoms with Crippen molar-refractivity contribution in [3.8, 4) is 0 Å². The van der Waals surface area contributed by atoms with E-state index in [2.05, 4.69) is 26.6 Å². The van der Waals surface area contributed by atoms with Gasteiger partial charge in [-0.05, 0) is 46.3 Å². The lowest BCUT2D eigenvalue weighted by molar-refractivity contribution is 0.0967. The first-order valence-corrected chi connectivity index (χ1v) is 6.07. The molecule has 0 aliphatic heterocycles. The summed E-state index contributed by atoms with van der Waals surface area (Å²) in [6, 6.07) is 8.72. The summed E-state index contributed by atoms with van der Waals surface area (Å²) in [6.45, 7) is 0. The fourth-order valence-corrected chi connectivity index (χ4v) is 1.64. The van der Waals surface area contributed by atoms with Crippen LogP contribution >= 0.6 is 15.9 Å². The fourth-order valence-electron chi connectivity index (χ4n) is 1.33. The van der Waals surface area contributed by atoms with Gasteiger partial charge in [0, 0.05) is 17.3 Å². The van der Waals surface area contributed by atoms with Crippen LogP contribution in [0.1, 0.15) is 10.4 Å². The van der Waals surface area contributed by atoms with Crippen molar-refractivity contribution < 1.29 is 14.0 Å². The molecule has 6 nitrogen and oxygen atoms in total. The van der Waals surface area contributed by atoms with Gasteiger partial charge in [0.2, 0.25) is 5.88 Å². The number of furan rings is 1. The van der Waals surface area contributed by atoms with Crippen molar-refractivity contribution in [1.82, 2.24) is 5.32 Å². The lowest BCUT2D eigenvalue weighted by atomic mass is 10.2. The van der Waals surface area contributed by atoms with E-state index >= 15 is 0 Å². The van der Waals surface area contributed by atoms with Gasteiger partial charge in [-0.3, -0.25) is 15.4 Å². The highest BCUT2D eigenvalue weighted by atomic mass is 79.9. The maximum Gasteiger partial charge on any atom is 0.328 e. The zero-order chi connectivity index (χ0) is 13.8. The van der Waals surface area contributed by atoms with Crippen LogP contribution in [-0.4, -0.2) is 11.9 Å². The standard InChI is InChI=1S/C12H10BrN3O3/c13-9-5-6-10(19-9)15-12(18)16-11(17)7-1-3-8(14)4-2-7/h1-6H,14H2,(H2,15,16,17,18). The first-order chi connectivity index (χ1) is 9.04. The summed E-state index contributed by atoms with van der Waals surface area (Å²) in [6.07, 6.45) is 0. The van der Waals surface area contributed by atoms with Crippen molar-refractivity contribution in [3.63, 3.8) is 0 Å². The van der Waals surface area contributed by atoms with Gasteiger partial charge in [0.15, 0.2) is 4.67 Å². The molecule has 0 aliphatic carbocycles. The molecule has 3 amide bonds. The Balaban J connectivity index is 1.95. The van der Waals surface area contributed by atoms with E-state index in [9.17, 15) is 9.59 Å². The molecule has 2 aromatic rings. The zero-order valence-corrected chi connectivity index (χ0v) is 11.2. The molecule has 98 valence electrons. The van der Waals surface area contributed by atoms with E-state index in [4.69, 9.17) is 10.2 Å². The van der Waals surface area contributed by atoms with Gasteiger partial charge in [0.1, 0.15) is 0 Å². The summed E-state index contributed by atoms with van der Waals surface area (Å²) in [4.78, 5) is 23.2. The van der Waals surface area contributed by atoms with Gasteiger partial charge in [-0.15, -0.1) is 0 Å². The molecule has 0 aliphatic rings. The Kier molecular flexibility index (Phi) is 3.86. The number of carbonyl (C=O) groups excluding carboxylic acids is 2. The third-order valence-electron chi connectivity index (χ3n) is 2.21. The number of carbonyl (C=O) groups is 2. The Labute approximate surface area is 117 Å². The number of anilines is 2. The third kappa shape index (κ3) is 3.59. The van der Waals surface area contributed by atoms with Gasteiger partial charge in [-0.2, -0.15) is 0 Å². The fraction of sp³-hybridized carbons (Fsp3) is 0. The maximum atomic E-state index is 11.7. The Hall–Kier alpha value is -2.28. The molecule has 2 rings (SSSR count). The molecule has 4 N–H and O–H groups in total. The van der Waals surface area contributed by atoms with Crippen LogP contribution in [-0.2, 0) is 0 Å². The summed E-state index contributed by atoms with van der Waals surface area (Å²) in [7, 11) is 0. The molecule has 1 aromatic heterocycles. The summed E-state index contributed by atoms with van der Waals surface area (Å²) in [5, 5.41) is 4.55. The highest BCUT2D eigenvalue weighted by molar-refractivity contribution is 9.10. The summed E-state index contributed by atoms with van der Waals surface area (Å²) >= 11 is 3.10. The molecule has 0 spiro atoms. The second kappa shape index (κ2) is 5.57. The minimum absolute atomic E-state index is 0.231. The zero-order valence-electron chi connectivity index (χ0n) is 9.64. The molecule has 0 bridgehead atoms. The molecule has 0 atom stereocenters. The number of nitrogens with one attached hydrogen (secondary N) is 2. The highest BCUT2D eigenvalue weighted by Gasteiger charge is 2.11. The van der Waals surface area contributed by atoms with Crippen molar-refractivity contribution in [2.45, 2.75) is 0 Å². The summed E-state index contributed by atoms with van der Waals surface area (Å²) in [5.74, 6) is -0.294. The van der Waals surface area contributed by atoms with Crippen molar-refractivity contribution >= 4 is 39.4 Å². The number of amides is 3. The SMILES string of the molecule is Nc1ccc(C(=O)NC(=O)Nc2ccc(Br)o2)cc1. The normalized spacial score (nSPS) is 9.95. The third-order valence-corrected chi connectivity index (χ3v) is 2.64. The van der Waals surface area contributed by atoms with Crippen LogP contribution in [0, 0.1) is 0 Å². The van der Waals surface area contributed by atoms with Gasteiger partial charge in [0.05, 0.1) is 0 Å². The summed E-state index contributed by atoms with van der Waals surface area (Å²) < 4.78 is 5.55. The van der Waals surface area contributed by atoms with Gasteiger partial charge >= 0.3 is 6.03 Å². The van der Waals surface area contributed by atoms with E-state index in [1.54, 1.807) is 24.3 Å². The molecule has 0 fully saturated rings. The van der Waals surface area contributed by atoms with E-state index in [1.807, 2.05) is 0 Å². The number of hydrogen-bond acceptors (Lipinski definition) is 4. The smallest absolute Gasteiger partial charge is 0.328 e. The second-order valence-corrected chi connectivity index (χ2v) is 4.42. The Morgan fingerprint density at radius 1 is 1.11 bits per heavy atom. The number of urea groups is 1. The average molecular weight is 324 g/mol. The monoisotopic (exact) mass is 323 g/mol. The molecule has 0 saturated heterocycles. The van der Waals surface area contributed by atoms with Crippen LogP contribution in [0.4, 0.5) is 16.4 Å². The largest absolute Gasteiger partial charge is 0.434 e. The van der Waals surface area contributed by atoms with Crippen LogP contribution in [0.2, 0.25) is 0 Å². The lowest BCUT2D eigenvalue weighted by Gasteiger charge is -2.04. The van der Waals surface area contributed by atoms with Gasteiger partial charge in [-0.1, -0.05) is 0 Å². The number of nitrogen functional groups attached to an aromatic ring is 1. The minimum Gasteiger partial charge on any atom is -0.434 e. The van der Waals surface area contributed by atoms with Gasteiger partial charge < -0.3 is 10.2 Å². The molecular weight excluding hydrogens is 314 g/mol. The van der Waals surface area contributed by atoms with Crippen molar-refractivity contribution in [2.24, 2.45) is 0 Å². The molecule has 0 saturated carbocycles. The number of rotatable bonds is 2. The maximum absolute atomic E-state index is 11.7. The van der Waals surface area contributed by atoms with E-state index in [1.165, 1.54) is 12.1 Å². The van der Waals surface area contributed by atoms with Gasteiger partial charge in [-0.25, -0.2) is 4.79 Å². The van der Waals surface area contributed by atoms with Crippen LogP contribution < -0.4 is 16.4 Å². The van der Waals surface area contributed by atoms with Crippen molar-refractivity contribution in [3.05, 3.63) is 46.6 Å². The van der Waals surface area contributed by atoms with E-state index in [-0.39, 0.29) is 5.88 Å². The van der Waals surface area contributed by atoms with E-state index in [0.717, 1.165) is 0 Å². The Bertz CT molecular complexity index is 607. The molecule has 7 heteroatoms. The van der Waals surface area contributed by atoms with Crippen LogP contribution in [0.25, 0.3) is 0 Å². The van der Waals surface area contributed by atoms with Crippen LogP contribution in [0.5, 0.6) is 0 Å². The van der Waals surface area contributed by atoms with Crippen molar-refractivity contribution in [2.75, 3.05) is 11.1 Å². The lowest BCUT2D eigenvalue weighted by Crippen LogP contribution is -2.34. The van der Waals surface area contributed by atoms with Crippen LogP contribution in [0.15, 0.2) is 45.5 Å². The average Bonchev–Trinajstić information content (AvgIpc) is 2.75. The number of halogens is 1. The first-order valence-electron chi connectivity index (χ1n) is 5.28. The predicted octanol–water partition coefficient (Wildman–Crippen LogP) is 2.59. The quantitative estimate of drug-likeness (QED) is 0.740. The Morgan fingerprint density at radius 2 is 1.79 bits per heavy atom. The van der Waals surface area contributed by atoms with E-state index in [0.29, 0.717) is 15.9 Å². The number of benzene rings is 1. The molecule has 1 heterocycles. The van der Waals surface area contributed by atoms with Crippen molar-refractivity contribution in [1.29, 1.82) is 0 Å². The van der Waals surface area contributed by atoms with Gasteiger partial charge in [0.25, 0.3) is 5.91 Å². The number of hydrogen-bond donors (Lipinski definition) is 3. The number of nitrogens with two attached hydrogens (primary N) is 1. The molecule has 19 heavy (non-hydrogen) atoms. The molecule has 0 radical (unpaired) electrons. The summed E-state index contributed by atoms with van der Waals surface area (Å²) in [5.41, 5.74) is 6.39. The van der Waals surface area contributed by atoms with E-state index < -0.39 is 11.9 Å². The molecule has 1 aromatic carbocycles. The predicted molar refractivity (Wildman–Crippen MR) is 73.7 cm³/mol. The molecular formula is C12H10BrN3O3. The minimum atomic E-state index is -0.677. The topological polar surface area (TPSA) is 97.4 Å². The first kappa shape index (κ1) is 13.2. The second-order valence-electron chi connectivity index (χ2n) is 3.63. The highest BCUT2D eigenvalue weighted by Crippen LogP contribution is 2.17. The molecule has 0 unspecified atom stereocenters. The Morgan fingerprint density at radius 3 is 2.37 bits per heavy atom. The number of imide groups is 1.